The Bertz CT molecular complexity index is 1720. The van der Waals surface area contributed by atoms with Crippen molar-refractivity contribution < 1.29 is 5.11 Å². The van der Waals surface area contributed by atoms with Crippen LogP contribution < -0.4 is 0 Å². The Kier molecular flexibility index (Phi) is 4.02. The molecule has 0 radical (unpaired) electrons. The predicted octanol–water partition coefficient (Wildman–Crippen LogP) is 8.33. The quantitative estimate of drug-likeness (QED) is 0.286. The molecular weight excluding hydrogens is 422 g/mol. The van der Waals surface area contributed by atoms with Crippen molar-refractivity contribution in [2.45, 2.75) is 12.8 Å². The number of phenolic OH excluding ortho intramolecular Hbond substituents is 1. The van der Waals surface area contributed by atoms with Gasteiger partial charge >= 0.3 is 0 Å². The number of hydrogen-bond donors (Lipinski definition) is 1. The molecule has 6 aromatic rings. The van der Waals surface area contributed by atoms with Gasteiger partial charge in [-0.3, -0.25) is 0 Å². The molecule has 2 heterocycles. The van der Waals surface area contributed by atoms with Gasteiger partial charge in [-0.1, -0.05) is 42.5 Å². The number of hydrogen-bond acceptors (Lipinski definition) is 2. The normalized spacial score (nSPS) is 13.2. The van der Waals surface area contributed by atoms with E-state index in [-0.39, 0.29) is 0 Å². The fourth-order valence-corrected chi connectivity index (χ4v) is 6.41. The monoisotopic (exact) mass is 443 g/mol. The number of benzene rings is 4. The molecule has 0 bridgehead atoms. The number of aryl methyl sites for hydroxylation is 1. The van der Waals surface area contributed by atoms with E-state index in [0.717, 1.165) is 40.3 Å². The van der Waals surface area contributed by atoms with Crippen LogP contribution in [0, 0.1) is 0 Å². The topological polar surface area (TPSA) is 25.2 Å². The Morgan fingerprint density at radius 2 is 1.58 bits per heavy atom. The number of allylic oxidation sites excluding steroid dienone is 1. The van der Waals surface area contributed by atoms with Crippen molar-refractivity contribution >= 4 is 49.3 Å². The van der Waals surface area contributed by atoms with Gasteiger partial charge in [-0.25, -0.2) is 0 Å². The Morgan fingerprint density at radius 3 is 2.45 bits per heavy atom. The molecule has 2 aromatic heterocycles. The van der Waals surface area contributed by atoms with Gasteiger partial charge in [-0.05, 0) is 89.5 Å². The van der Waals surface area contributed by atoms with Gasteiger partial charge in [0.1, 0.15) is 5.75 Å². The Balaban J connectivity index is 1.48. The average molecular weight is 444 g/mol. The molecule has 1 aliphatic carbocycles. The van der Waals surface area contributed by atoms with Gasteiger partial charge in [0.25, 0.3) is 0 Å². The number of nitrogens with zero attached hydrogens (tertiary/aromatic N) is 1. The highest BCUT2D eigenvalue weighted by molar-refractivity contribution is 7.20. The van der Waals surface area contributed by atoms with Crippen molar-refractivity contribution in [2.75, 3.05) is 0 Å². The molecule has 1 aliphatic rings. The molecule has 0 saturated heterocycles. The van der Waals surface area contributed by atoms with Crippen LogP contribution in [-0.4, -0.2) is 9.67 Å². The minimum Gasteiger partial charge on any atom is -0.507 e. The molecule has 3 heteroatoms. The summed E-state index contributed by atoms with van der Waals surface area (Å²) in [6.45, 7) is 0. The largest absolute Gasteiger partial charge is 0.507 e. The molecule has 0 spiro atoms. The first-order valence-corrected chi connectivity index (χ1v) is 12.1. The van der Waals surface area contributed by atoms with Crippen LogP contribution in [0.4, 0.5) is 0 Å². The minimum atomic E-state index is 0.318. The summed E-state index contributed by atoms with van der Waals surface area (Å²) in [6.07, 6.45) is 6.79. The molecule has 0 fully saturated rings. The lowest BCUT2D eigenvalue weighted by molar-refractivity contribution is 0.482. The summed E-state index contributed by atoms with van der Waals surface area (Å²) >= 11 is 1.89. The van der Waals surface area contributed by atoms with Gasteiger partial charge in [0.2, 0.25) is 0 Å². The number of aromatic hydroxyl groups is 1. The molecule has 0 aliphatic heterocycles. The van der Waals surface area contributed by atoms with Crippen molar-refractivity contribution in [2.24, 2.45) is 0 Å². The van der Waals surface area contributed by atoms with E-state index >= 15 is 0 Å². The van der Waals surface area contributed by atoms with Crippen molar-refractivity contribution in [3.8, 4) is 22.6 Å². The maximum Gasteiger partial charge on any atom is 0.125 e. The second-order valence-corrected chi connectivity index (χ2v) is 9.75. The lowest BCUT2D eigenvalue weighted by atomic mass is 9.97. The first-order chi connectivity index (χ1) is 16.3. The van der Waals surface area contributed by atoms with Gasteiger partial charge in [0.05, 0.1) is 11.0 Å². The Labute approximate surface area is 195 Å². The summed E-state index contributed by atoms with van der Waals surface area (Å²) < 4.78 is 3.59. The zero-order chi connectivity index (χ0) is 21.9. The fourth-order valence-electron chi connectivity index (χ4n) is 5.24. The highest BCUT2D eigenvalue weighted by Gasteiger charge is 2.17. The van der Waals surface area contributed by atoms with Gasteiger partial charge in [0.15, 0.2) is 0 Å². The zero-order valence-electron chi connectivity index (χ0n) is 18.0. The van der Waals surface area contributed by atoms with Crippen LogP contribution in [0.1, 0.15) is 16.9 Å². The number of thiophene rings is 1. The highest BCUT2D eigenvalue weighted by atomic mass is 32.1. The third kappa shape index (κ3) is 2.79. The van der Waals surface area contributed by atoms with E-state index in [1.54, 1.807) is 6.07 Å². The second kappa shape index (κ2) is 7.09. The van der Waals surface area contributed by atoms with E-state index in [1.165, 1.54) is 31.7 Å². The molecule has 0 amide bonds. The summed E-state index contributed by atoms with van der Waals surface area (Å²) in [4.78, 5) is 1.40. The average Bonchev–Trinajstić information content (AvgIpc) is 3.40. The summed E-state index contributed by atoms with van der Waals surface area (Å²) in [5.41, 5.74) is 7.08. The third-order valence-electron chi connectivity index (χ3n) is 6.77. The fraction of sp³-hybridized carbons (Fsp3) is 0.0667. The highest BCUT2D eigenvalue weighted by Crippen LogP contribution is 2.41. The van der Waals surface area contributed by atoms with E-state index in [1.807, 2.05) is 23.5 Å². The molecule has 0 unspecified atom stereocenters. The molecule has 2 nitrogen and oxygen atoms in total. The Hall–Kier alpha value is -3.82. The Morgan fingerprint density at radius 1 is 0.758 bits per heavy atom. The SMILES string of the molecule is Oc1cccc2c1c1cc(-c3ccc4sc5c(c4c3)CCC=C5)ccc1n2-c1ccccc1. The maximum atomic E-state index is 10.8. The van der Waals surface area contributed by atoms with Gasteiger partial charge in [-0.15, -0.1) is 11.3 Å². The number of phenols is 1. The molecule has 7 rings (SSSR count). The molecule has 1 N–H and O–H groups in total. The predicted molar refractivity (Wildman–Crippen MR) is 141 cm³/mol. The number of para-hydroxylation sites is 1. The second-order valence-electron chi connectivity index (χ2n) is 8.67. The van der Waals surface area contributed by atoms with Gasteiger partial charge in [-0.2, -0.15) is 0 Å². The standard InChI is InChI=1S/C30H21NOS/c32-27-11-6-10-26-30(27)24-18-19(13-15-25(24)31(26)21-7-2-1-3-8-21)20-14-16-29-23(17-20)22-9-4-5-12-28(22)33-29/h1-3,5-8,10-18,32H,4,9H2. The van der Waals surface area contributed by atoms with Crippen LogP contribution in [-0.2, 0) is 6.42 Å². The maximum absolute atomic E-state index is 10.8. The van der Waals surface area contributed by atoms with Crippen LogP contribution in [0.25, 0.3) is 54.8 Å². The van der Waals surface area contributed by atoms with E-state index in [2.05, 4.69) is 83.4 Å². The minimum absolute atomic E-state index is 0.318. The zero-order valence-corrected chi connectivity index (χ0v) is 18.8. The lowest BCUT2D eigenvalue weighted by Crippen LogP contribution is -1.92. The van der Waals surface area contributed by atoms with E-state index in [4.69, 9.17) is 0 Å². The van der Waals surface area contributed by atoms with E-state index in [0.29, 0.717) is 5.75 Å². The first-order valence-electron chi connectivity index (χ1n) is 11.3. The number of aromatic nitrogens is 1. The first kappa shape index (κ1) is 18.7. The van der Waals surface area contributed by atoms with Crippen LogP contribution in [0.15, 0.2) is 91.0 Å². The van der Waals surface area contributed by atoms with Crippen LogP contribution >= 0.6 is 11.3 Å². The van der Waals surface area contributed by atoms with Crippen molar-refractivity contribution in [3.63, 3.8) is 0 Å². The summed E-state index contributed by atoms with van der Waals surface area (Å²) in [5, 5.41) is 14.2. The smallest absolute Gasteiger partial charge is 0.125 e. The van der Waals surface area contributed by atoms with Crippen LogP contribution in [0.2, 0.25) is 0 Å². The van der Waals surface area contributed by atoms with Crippen molar-refractivity contribution in [3.05, 3.63) is 101 Å². The molecule has 33 heavy (non-hydrogen) atoms. The van der Waals surface area contributed by atoms with Gasteiger partial charge < -0.3 is 9.67 Å². The van der Waals surface area contributed by atoms with E-state index in [9.17, 15) is 5.11 Å². The van der Waals surface area contributed by atoms with Crippen LogP contribution in [0.3, 0.4) is 0 Å². The molecule has 4 aromatic carbocycles. The number of rotatable bonds is 2. The third-order valence-corrected chi connectivity index (χ3v) is 7.95. The van der Waals surface area contributed by atoms with Crippen molar-refractivity contribution in [1.29, 1.82) is 0 Å². The summed E-state index contributed by atoms with van der Waals surface area (Å²) in [5.74, 6) is 0.318. The molecule has 0 saturated carbocycles. The molecule has 0 atom stereocenters. The summed E-state index contributed by atoms with van der Waals surface area (Å²) in [7, 11) is 0. The van der Waals surface area contributed by atoms with Crippen molar-refractivity contribution in [1.82, 2.24) is 4.57 Å². The molecular formula is C30H21NOS. The van der Waals surface area contributed by atoms with Gasteiger partial charge in [0, 0.05) is 26.0 Å². The number of fused-ring (bicyclic) bond motifs is 6. The van der Waals surface area contributed by atoms with E-state index < -0.39 is 0 Å². The lowest BCUT2D eigenvalue weighted by Gasteiger charge is -2.08. The summed E-state index contributed by atoms with van der Waals surface area (Å²) in [6, 6.07) is 29.6. The van der Waals surface area contributed by atoms with Crippen LogP contribution in [0.5, 0.6) is 5.75 Å². The molecule has 158 valence electrons.